The molecule has 0 bridgehead atoms. The van der Waals surface area contributed by atoms with E-state index in [0.717, 1.165) is 16.7 Å². The van der Waals surface area contributed by atoms with E-state index in [1.807, 2.05) is 54.6 Å². The summed E-state index contributed by atoms with van der Waals surface area (Å²) in [7, 11) is 0. The number of rotatable bonds is 7. The predicted octanol–water partition coefficient (Wildman–Crippen LogP) is 2.25. The van der Waals surface area contributed by atoms with Crippen molar-refractivity contribution in [2.24, 2.45) is 5.92 Å². The maximum Gasteiger partial charge on any atom is 0.246 e. The van der Waals surface area contributed by atoms with Crippen LogP contribution in [0, 0.1) is 5.92 Å². The van der Waals surface area contributed by atoms with Crippen molar-refractivity contribution in [3.63, 3.8) is 0 Å². The summed E-state index contributed by atoms with van der Waals surface area (Å²) >= 11 is 0. The third-order valence-corrected chi connectivity index (χ3v) is 4.77. The first-order valence-corrected chi connectivity index (χ1v) is 9.32. The summed E-state index contributed by atoms with van der Waals surface area (Å²) in [6.45, 7) is 1.27. The number of hydrogen-bond acceptors (Lipinski definition) is 4. The number of para-hydroxylation sites is 3. The lowest BCUT2D eigenvalue weighted by Crippen LogP contribution is -2.33. The van der Waals surface area contributed by atoms with Gasteiger partial charge in [0.25, 0.3) is 0 Å². The summed E-state index contributed by atoms with van der Waals surface area (Å²) in [4.78, 5) is 33.6. The van der Waals surface area contributed by atoms with Crippen LogP contribution in [0.2, 0.25) is 0 Å². The molecule has 1 aromatic heterocycles. The van der Waals surface area contributed by atoms with Gasteiger partial charge in [0.05, 0.1) is 11.0 Å². The third kappa shape index (κ3) is 4.20. The zero-order valence-corrected chi connectivity index (χ0v) is 15.4. The van der Waals surface area contributed by atoms with Crippen molar-refractivity contribution >= 4 is 28.5 Å². The molecule has 7 nitrogen and oxygen atoms in total. The maximum atomic E-state index is 12.2. The van der Waals surface area contributed by atoms with Crippen LogP contribution in [0.15, 0.2) is 54.6 Å². The van der Waals surface area contributed by atoms with E-state index in [-0.39, 0.29) is 30.9 Å². The van der Waals surface area contributed by atoms with Gasteiger partial charge in [-0.15, -0.1) is 0 Å². The number of ether oxygens (including phenoxy) is 1. The molecule has 4 rings (SSSR count). The third-order valence-electron chi connectivity index (χ3n) is 4.77. The number of benzene rings is 2. The van der Waals surface area contributed by atoms with E-state index in [4.69, 9.17) is 4.74 Å². The summed E-state index contributed by atoms with van der Waals surface area (Å²) in [5, 5.41) is 2.86. The number of nitrogens with zero attached hydrogens (tertiary/aromatic N) is 2. The van der Waals surface area contributed by atoms with E-state index in [9.17, 15) is 9.59 Å². The highest BCUT2D eigenvalue weighted by molar-refractivity contribution is 5.95. The molecular formula is C21H22N4O3. The number of carbonyl (C=O) groups is 2. The van der Waals surface area contributed by atoms with Crippen molar-refractivity contribution in [1.29, 1.82) is 0 Å². The van der Waals surface area contributed by atoms with Gasteiger partial charge in [0.1, 0.15) is 19.0 Å². The molecule has 144 valence electrons. The molecule has 0 radical (unpaired) electrons. The molecular weight excluding hydrogens is 356 g/mol. The van der Waals surface area contributed by atoms with Crippen LogP contribution in [0.25, 0.3) is 11.0 Å². The van der Waals surface area contributed by atoms with Crippen LogP contribution in [-0.2, 0) is 20.9 Å². The molecule has 2 aromatic carbocycles. The number of anilines is 1. The van der Waals surface area contributed by atoms with Gasteiger partial charge in [-0.3, -0.25) is 9.59 Å². The molecule has 2 amide bonds. The molecule has 1 fully saturated rings. The van der Waals surface area contributed by atoms with Crippen LogP contribution in [0.5, 0.6) is 0 Å². The lowest BCUT2D eigenvalue weighted by molar-refractivity contribution is -0.126. The predicted molar refractivity (Wildman–Crippen MR) is 106 cm³/mol. The van der Waals surface area contributed by atoms with Crippen LogP contribution < -0.4 is 10.2 Å². The van der Waals surface area contributed by atoms with Gasteiger partial charge in [-0.1, -0.05) is 30.3 Å². The molecule has 1 unspecified atom stereocenters. The zero-order chi connectivity index (χ0) is 19.3. The monoisotopic (exact) mass is 378 g/mol. The Morgan fingerprint density at radius 2 is 1.96 bits per heavy atom. The smallest absolute Gasteiger partial charge is 0.246 e. The minimum Gasteiger partial charge on any atom is -0.364 e. The average Bonchev–Trinajstić information content (AvgIpc) is 3.30. The van der Waals surface area contributed by atoms with Gasteiger partial charge in [-0.25, -0.2) is 4.98 Å². The summed E-state index contributed by atoms with van der Waals surface area (Å²) < 4.78 is 5.45. The van der Waals surface area contributed by atoms with Gasteiger partial charge in [-0.05, 0) is 24.3 Å². The quantitative estimate of drug-likeness (QED) is 0.660. The highest BCUT2D eigenvalue weighted by Crippen LogP contribution is 2.24. The standard InChI is InChI=1S/C21H22N4O3/c26-20(14-28-13-19-23-17-8-4-5-9-18(17)24-19)22-11-15-10-21(27)25(12-15)16-6-2-1-3-7-16/h1-9,15H,10-14H2,(H,22,26)(H,23,24). The van der Waals surface area contributed by atoms with Gasteiger partial charge >= 0.3 is 0 Å². The number of hydrogen-bond donors (Lipinski definition) is 2. The van der Waals surface area contributed by atoms with Crippen molar-refractivity contribution in [2.45, 2.75) is 13.0 Å². The molecule has 1 saturated heterocycles. The van der Waals surface area contributed by atoms with Crippen molar-refractivity contribution in [3.05, 3.63) is 60.4 Å². The summed E-state index contributed by atoms with van der Waals surface area (Å²) in [6.07, 6.45) is 0.439. The summed E-state index contributed by atoms with van der Waals surface area (Å²) in [5.41, 5.74) is 2.72. The number of amides is 2. The highest BCUT2D eigenvalue weighted by atomic mass is 16.5. The van der Waals surface area contributed by atoms with Crippen LogP contribution in [0.4, 0.5) is 5.69 Å². The number of imidazole rings is 1. The number of H-pyrrole nitrogens is 1. The Hall–Kier alpha value is -3.19. The lowest BCUT2D eigenvalue weighted by Gasteiger charge is -2.16. The molecule has 1 atom stereocenters. The first-order chi connectivity index (χ1) is 13.7. The Bertz CT molecular complexity index is 937. The molecule has 1 aliphatic heterocycles. The molecule has 7 heteroatoms. The minimum atomic E-state index is -0.193. The van der Waals surface area contributed by atoms with Crippen LogP contribution in [-0.4, -0.2) is 41.5 Å². The van der Waals surface area contributed by atoms with Crippen LogP contribution >= 0.6 is 0 Å². The molecule has 28 heavy (non-hydrogen) atoms. The van der Waals surface area contributed by atoms with Crippen molar-refractivity contribution in [3.8, 4) is 0 Å². The number of nitrogens with one attached hydrogen (secondary N) is 2. The lowest BCUT2D eigenvalue weighted by atomic mass is 10.1. The molecule has 2 heterocycles. The Labute approximate surface area is 162 Å². The number of fused-ring (bicyclic) bond motifs is 1. The molecule has 0 spiro atoms. The Morgan fingerprint density at radius 3 is 2.79 bits per heavy atom. The number of aromatic amines is 1. The normalized spacial score (nSPS) is 16.6. The first-order valence-electron chi connectivity index (χ1n) is 9.32. The zero-order valence-electron chi connectivity index (χ0n) is 15.4. The molecule has 0 aliphatic carbocycles. The van der Waals surface area contributed by atoms with Crippen molar-refractivity contribution in [1.82, 2.24) is 15.3 Å². The fraction of sp³-hybridized carbons (Fsp3) is 0.286. The second-order valence-electron chi connectivity index (χ2n) is 6.91. The van der Waals surface area contributed by atoms with Crippen LogP contribution in [0.3, 0.4) is 0 Å². The highest BCUT2D eigenvalue weighted by Gasteiger charge is 2.30. The van der Waals surface area contributed by atoms with E-state index in [2.05, 4.69) is 15.3 Å². The molecule has 2 N–H and O–H groups in total. The summed E-state index contributed by atoms with van der Waals surface area (Å²) in [5.74, 6) is 0.689. The fourth-order valence-electron chi connectivity index (χ4n) is 3.40. The summed E-state index contributed by atoms with van der Waals surface area (Å²) in [6, 6.07) is 17.3. The Balaban J connectivity index is 1.20. The van der Waals surface area contributed by atoms with E-state index in [0.29, 0.717) is 25.3 Å². The van der Waals surface area contributed by atoms with Gasteiger partial charge in [0, 0.05) is 31.1 Å². The largest absolute Gasteiger partial charge is 0.364 e. The second-order valence-corrected chi connectivity index (χ2v) is 6.91. The van der Waals surface area contributed by atoms with Gasteiger partial charge in [-0.2, -0.15) is 0 Å². The van der Waals surface area contributed by atoms with E-state index in [1.165, 1.54) is 0 Å². The first kappa shape index (κ1) is 18.2. The van der Waals surface area contributed by atoms with E-state index >= 15 is 0 Å². The second kappa shape index (κ2) is 8.22. The van der Waals surface area contributed by atoms with Gasteiger partial charge in [0.15, 0.2) is 0 Å². The number of aromatic nitrogens is 2. The average molecular weight is 378 g/mol. The fourth-order valence-corrected chi connectivity index (χ4v) is 3.40. The van der Waals surface area contributed by atoms with Gasteiger partial charge < -0.3 is 19.9 Å². The van der Waals surface area contributed by atoms with Gasteiger partial charge in [0.2, 0.25) is 11.8 Å². The minimum absolute atomic E-state index is 0.0416. The molecule has 0 saturated carbocycles. The Morgan fingerprint density at radius 1 is 1.18 bits per heavy atom. The Kier molecular flexibility index (Phi) is 5.34. The van der Waals surface area contributed by atoms with Crippen LogP contribution in [0.1, 0.15) is 12.2 Å². The SMILES string of the molecule is O=C(COCc1nc2ccccc2[nH]1)NCC1CC(=O)N(c2ccccc2)C1. The van der Waals surface area contributed by atoms with Crippen molar-refractivity contribution < 1.29 is 14.3 Å². The topological polar surface area (TPSA) is 87.3 Å². The number of carbonyl (C=O) groups excluding carboxylic acids is 2. The molecule has 3 aromatic rings. The van der Waals surface area contributed by atoms with Crippen molar-refractivity contribution in [2.75, 3.05) is 24.6 Å². The van der Waals surface area contributed by atoms with E-state index < -0.39 is 0 Å². The molecule has 1 aliphatic rings. The van der Waals surface area contributed by atoms with E-state index in [1.54, 1.807) is 4.90 Å². The maximum absolute atomic E-state index is 12.2.